The molecule has 0 spiro atoms. The van der Waals surface area contributed by atoms with E-state index in [1.807, 2.05) is 42.5 Å². The second-order valence-corrected chi connectivity index (χ2v) is 8.16. The van der Waals surface area contributed by atoms with Crippen LogP contribution in [0.4, 0.5) is 0 Å². The van der Waals surface area contributed by atoms with Crippen LogP contribution >= 0.6 is 27.5 Å². The second kappa shape index (κ2) is 11.0. The number of carboxylic acids is 1. The molecule has 0 aliphatic rings. The maximum atomic E-state index is 13.1. The number of amides is 1. The molecule has 0 saturated heterocycles. The van der Waals surface area contributed by atoms with Gasteiger partial charge in [-0.3, -0.25) is 4.79 Å². The monoisotopic (exact) mass is 517 g/mol. The van der Waals surface area contributed by atoms with Gasteiger partial charge in [-0.25, -0.2) is 4.79 Å². The molecule has 0 atom stereocenters. The summed E-state index contributed by atoms with van der Waals surface area (Å²) >= 11 is 9.60. The smallest absolute Gasteiger partial charge is 0.339 e. The molecule has 0 aromatic heterocycles. The quantitative estimate of drug-likeness (QED) is 0.409. The van der Waals surface area contributed by atoms with E-state index < -0.39 is 5.97 Å². The maximum absolute atomic E-state index is 13.1. The van der Waals surface area contributed by atoms with Crippen LogP contribution < -0.4 is 9.47 Å². The first-order valence-corrected chi connectivity index (χ1v) is 10.8. The number of hydrogen-bond donors (Lipinski definition) is 1. The Morgan fingerprint density at radius 1 is 1.00 bits per heavy atom. The summed E-state index contributed by atoms with van der Waals surface area (Å²) in [5, 5.41) is 9.96. The zero-order valence-corrected chi connectivity index (χ0v) is 19.6. The van der Waals surface area contributed by atoms with E-state index in [0.29, 0.717) is 16.0 Å². The van der Waals surface area contributed by atoms with Crippen molar-refractivity contribution in [3.63, 3.8) is 0 Å². The Bertz CT molecular complexity index is 1100. The average molecular weight is 519 g/mol. The van der Waals surface area contributed by atoms with Crippen LogP contribution in [-0.2, 0) is 17.9 Å². The van der Waals surface area contributed by atoms with Gasteiger partial charge in [0.05, 0.1) is 11.6 Å². The molecule has 0 aliphatic carbocycles. The predicted octanol–water partition coefficient (Wildman–Crippen LogP) is 5.42. The zero-order valence-electron chi connectivity index (χ0n) is 17.3. The first kappa shape index (κ1) is 23.6. The molecule has 166 valence electrons. The number of carbonyl (C=O) groups excluding carboxylic acids is 1. The van der Waals surface area contributed by atoms with Gasteiger partial charge < -0.3 is 19.5 Å². The van der Waals surface area contributed by atoms with Gasteiger partial charge in [0.15, 0.2) is 6.61 Å². The summed E-state index contributed by atoms with van der Waals surface area (Å²) in [6.45, 7) is 0.262. The minimum Gasteiger partial charge on any atom is -0.497 e. The molecule has 1 amide bonds. The van der Waals surface area contributed by atoms with E-state index in [4.69, 9.17) is 21.1 Å². The van der Waals surface area contributed by atoms with Crippen molar-refractivity contribution in [3.8, 4) is 11.5 Å². The van der Waals surface area contributed by atoms with E-state index in [9.17, 15) is 14.7 Å². The second-order valence-electron chi connectivity index (χ2n) is 6.90. The third kappa shape index (κ3) is 6.02. The number of methoxy groups -OCH3 is 1. The summed E-state index contributed by atoms with van der Waals surface area (Å²) in [5.74, 6) is -0.626. The minimum atomic E-state index is -1.14. The van der Waals surface area contributed by atoms with Crippen LogP contribution in [0.25, 0.3) is 0 Å². The Balaban J connectivity index is 1.81. The molecule has 0 fully saturated rings. The van der Waals surface area contributed by atoms with E-state index in [2.05, 4.69) is 15.9 Å². The number of nitrogens with zero attached hydrogens (tertiary/aromatic N) is 1. The number of benzene rings is 3. The topological polar surface area (TPSA) is 76.1 Å². The molecule has 6 nitrogen and oxygen atoms in total. The van der Waals surface area contributed by atoms with Crippen molar-refractivity contribution in [1.29, 1.82) is 0 Å². The molecule has 0 heterocycles. The Labute approximate surface area is 199 Å². The summed E-state index contributed by atoms with van der Waals surface area (Å²) in [6, 6.07) is 19.4. The van der Waals surface area contributed by atoms with E-state index in [-0.39, 0.29) is 30.4 Å². The molecule has 0 radical (unpaired) electrons. The van der Waals surface area contributed by atoms with Gasteiger partial charge in [-0.05, 0) is 57.4 Å². The lowest BCUT2D eigenvalue weighted by Crippen LogP contribution is -2.34. The zero-order chi connectivity index (χ0) is 23.1. The first-order valence-electron chi connectivity index (χ1n) is 9.67. The van der Waals surface area contributed by atoms with Crippen molar-refractivity contribution in [2.45, 2.75) is 13.1 Å². The standard InChI is InChI=1S/C24H21BrClNO5/c1-31-18-11-9-16(10-12-18)13-27(14-17-5-2-3-8-21(17)26)22(28)15-32-23-19(24(29)30)6-4-7-20(23)25/h2-12H,13-15H2,1H3,(H,29,30). The fourth-order valence-corrected chi connectivity index (χ4v) is 3.74. The highest BCUT2D eigenvalue weighted by Gasteiger charge is 2.20. The molecule has 3 aromatic rings. The predicted molar refractivity (Wildman–Crippen MR) is 125 cm³/mol. The van der Waals surface area contributed by atoms with Crippen LogP contribution in [0, 0.1) is 0 Å². The molecule has 0 saturated carbocycles. The molecule has 0 aliphatic heterocycles. The highest BCUT2D eigenvalue weighted by atomic mass is 79.9. The molecule has 3 aromatic carbocycles. The number of halogens is 2. The maximum Gasteiger partial charge on any atom is 0.339 e. The SMILES string of the molecule is COc1ccc(CN(Cc2ccccc2Cl)C(=O)COc2c(Br)cccc2C(=O)O)cc1. The highest BCUT2D eigenvalue weighted by molar-refractivity contribution is 9.10. The number of ether oxygens (including phenoxy) is 2. The summed E-state index contributed by atoms with van der Waals surface area (Å²) in [5.41, 5.74) is 1.67. The lowest BCUT2D eigenvalue weighted by molar-refractivity contribution is -0.134. The van der Waals surface area contributed by atoms with Crippen LogP contribution in [0.3, 0.4) is 0 Å². The lowest BCUT2D eigenvalue weighted by atomic mass is 10.1. The van der Waals surface area contributed by atoms with Gasteiger partial charge in [0.25, 0.3) is 5.91 Å². The van der Waals surface area contributed by atoms with Crippen molar-refractivity contribution < 1.29 is 24.2 Å². The summed E-state index contributed by atoms with van der Waals surface area (Å²) in [6.07, 6.45) is 0. The molecule has 3 rings (SSSR count). The number of aromatic carboxylic acids is 1. The third-order valence-corrected chi connectivity index (χ3v) is 5.73. The van der Waals surface area contributed by atoms with E-state index in [0.717, 1.165) is 16.9 Å². The average Bonchev–Trinajstić information content (AvgIpc) is 2.79. The Hall–Kier alpha value is -3.03. The highest BCUT2D eigenvalue weighted by Crippen LogP contribution is 2.29. The first-order chi connectivity index (χ1) is 15.4. The fourth-order valence-electron chi connectivity index (χ4n) is 3.06. The lowest BCUT2D eigenvalue weighted by Gasteiger charge is -2.24. The summed E-state index contributed by atoms with van der Waals surface area (Å²) in [7, 11) is 1.59. The Kier molecular flexibility index (Phi) is 8.14. The Morgan fingerprint density at radius 2 is 1.72 bits per heavy atom. The van der Waals surface area contributed by atoms with Crippen molar-refractivity contribution >= 4 is 39.4 Å². The van der Waals surface area contributed by atoms with E-state index in [1.54, 1.807) is 30.2 Å². The summed E-state index contributed by atoms with van der Waals surface area (Å²) < 4.78 is 11.3. The van der Waals surface area contributed by atoms with Gasteiger partial charge in [-0.15, -0.1) is 0 Å². The number of para-hydroxylation sites is 1. The van der Waals surface area contributed by atoms with Crippen LogP contribution in [0.2, 0.25) is 5.02 Å². The summed E-state index contributed by atoms with van der Waals surface area (Å²) in [4.78, 5) is 26.2. The largest absolute Gasteiger partial charge is 0.497 e. The van der Waals surface area contributed by atoms with Gasteiger partial charge >= 0.3 is 5.97 Å². The van der Waals surface area contributed by atoms with Crippen LogP contribution in [-0.4, -0.2) is 35.6 Å². The van der Waals surface area contributed by atoms with Crippen LogP contribution in [0.5, 0.6) is 11.5 Å². The fraction of sp³-hybridized carbons (Fsp3) is 0.167. The van der Waals surface area contributed by atoms with Gasteiger partial charge in [0.2, 0.25) is 0 Å². The van der Waals surface area contributed by atoms with Crippen LogP contribution in [0.1, 0.15) is 21.5 Å². The number of carbonyl (C=O) groups is 2. The van der Waals surface area contributed by atoms with Crippen molar-refractivity contribution in [2.24, 2.45) is 0 Å². The third-order valence-electron chi connectivity index (χ3n) is 4.74. The molecule has 0 unspecified atom stereocenters. The van der Waals surface area contributed by atoms with E-state index in [1.165, 1.54) is 6.07 Å². The molecule has 1 N–H and O–H groups in total. The van der Waals surface area contributed by atoms with Gasteiger partial charge in [-0.1, -0.05) is 48.0 Å². The molecule has 0 bridgehead atoms. The molecular weight excluding hydrogens is 498 g/mol. The van der Waals surface area contributed by atoms with Gasteiger partial charge in [0, 0.05) is 18.1 Å². The minimum absolute atomic E-state index is 0.0278. The number of hydrogen-bond acceptors (Lipinski definition) is 4. The Morgan fingerprint density at radius 3 is 2.38 bits per heavy atom. The van der Waals surface area contributed by atoms with Crippen molar-refractivity contribution in [3.05, 3.63) is 92.9 Å². The van der Waals surface area contributed by atoms with E-state index >= 15 is 0 Å². The molecule has 8 heteroatoms. The van der Waals surface area contributed by atoms with Crippen LogP contribution in [0.15, 0.2) is 71.2 Å². The normalized spacial score (nSPS) is 10.5. The molecular formula is C24H21BrClNO5. The molecule has 32 heavy (non-hydrogen) atoms. The van der Waals surface area contributed by atoms with Gasteiger partial charge in [0.1, 0.15) is 17.1 Å². The van der Waals surface area contributed by atoms with Crippen molar-refractivity contribution in [1.82, 2.24) is 4.90 Å². The number of carboxylic acid groups (broad SMARTS) is 1. The van der Waals surface area contributed by atoms with Crippen molar-refractivity contribution in [2.75, 3.05) is 13.7 Å². The number of rotatable bonds is 9. The van der Waals surface area contributed by atoms with Gasteiger partial charge in [-0.2, -0.15) is 0 Å².